The maximum atomic E-state index is 5.47. The Bertz CT molecular complexity index is 1930. The van der Waals surface area contributed by atoms with Crippen LogP contribution in [0.3, 0.4) is 0 Å². The Labute approximate surface area is 709 Å². The van der Waals surface area contributed by atoms with Crippen molar-refractivity contribution >= 4 is 0 Å². The summed E-state index contributed by atoms with van der Waals surface area (Å²) in [5, 5.41) is 0. The van der Waals surface area contributed by atoms with Crippen molar-refractivity contribution in [2.45, 2.75) is 491 Å². The predicted molar refractivity (Wildman–Crippen MR) is 492 cm³/mol. The van der Waals surface area contributed by atoms with Crippen molar-refractivity contribution in [3.63, 3.8) is 0 Å². The van der Waals surface area contributed by atoms with Crippen LogP contribution in [0.25, 0.3) is 0 Å². The molecule has 0 radical (unpaired) electrons. The van der Waals surface area contributed by atoms with Gasteiger partial charge in [-0.1, -0.05) is 197 Å². The first-order valence-corrected chi connectivity index (χ1v) is 46.4. The molecule has 0 aromatic carbocycles. The van der Waals surface area contributed by atoms with Gasteiger partial charge in [-0.3, -0.25) is 0 Å². The van der Waals surface area contributed by atoms with E-state index in [4.69, 9.17) is 61.6 Å². The third-order valence-corrected chi connectivity index (χ3v) is 25.2. The van der Waals surface area contributed by atoms with E-state index in [0.717, 1.165) is 44.3 Å². The summed E-state index contributed by atoms with van der Waals surface area (Å²) in [6, 6.07) is 0. The maximum Gasteiger partial charge on any atom is 0.0645 e. The summed E-state index contributed by atoms with van der Waals surface area (Å²) in [4.78, 5) is 0. The molecule has 8 aliphatic rings. The molecule has 8 rings (SSSR count). The third-order valence-electron chi connectivity index (χ3n) is 25.2. The Morgan fingerprint density at radius 2 is 0.637 bits per heavy atom. The lowest BCUT2D eigenvalue weighted by Gasteiger charge is -2.47. The van der Waals surface area contributed by atoms with Crippen molar-refractivity contribution in [1.82, 2.24) is 0 Å². The van der Waals surface area contributed by atoms with Gasteiger partial charge >= 0.3 is 0 Å². The highest BCUT2D eigenvalue weighted by Crippen LogP contribution is 2.53. The van der Waals surface area contributed by atoms with E-state index in [1.54, 1.807) is 56.9 Å². The second-order valence-electron chi connectivity index (χ2n) is 41.8. The van der Waals surface area contributed by atoms with Gasteiger partial charge in [0, 0.05) is 99.0 Å². The summed E-state index contributed by atoms with van der Waals surface area (Å²) in [7, 11) is 23.2. The van der Waals surface area contributed by atoms with Crippen LogP contribution in [-0.2, 0) is 61.6 Å². The van der Waals surface area contributed by atoms with Gasteiger partial charge in [0.25, 0.3) is 0 Å². The van der Waals surface area contributed by atoms with E-state index in [2.05, 4.69) is 152 Å². The van der Waals surface area contributed by atoms with Crippen molar-refractivity contribution in [2.75, 3.05) is 106 Å². The zero-order valence-corrected chi connectivity index (χ0v) is 84.3. The van der Waals surface area contributed by atoms with Crippen molar-refractivity contribution in [3.8, 4) is 0 Å². The highest BCUT2D eigenvalue weighted by atomic mass is 16.5. The lowest BCUT2D eigenvalue weighted by molar-refractivity contribution is -0.0267. The molecule has 0 unspecified atom stereocenters. The monoisotopic (exact) mass is 1620 g/mol. The minimum atomic E-state index is 0.0417. The fourth-order valence-electron chi connectivity index (χ4n) is 16.8. The standard InChI is InChI=1S/C14H26O.C12H22O.C11H22O.C9H18O.C8H18O.C7H14O.C7H16O.C6H12O.2C6H14O.2C5H12O.C4H10O/c1-13(2)8-10-14(11-9-13)6-4-12(15-3)5-7-14;1-13-11-5-9-12(10-6-11)7-3-2-4-8-12;1-10(2)6-9(12-5)7-11(3,4)8-10;1-9(2)6-4-8(10-3)5-7-9;1-6(2)8(9-5)7(3)4;1-8-7-5-3-2-4-6-7;1-5-7(3,6-2)8-4;1-7-6-4-2-3-5-6;1-6(2,3)5-7-4;1-4-6(5-2)7-3;1-5(2)4-6-3;1-5(2,3)6-4;1-4(2)5-3/h12H,4-11H2,1-3H3;11H,2-10H2,1H3;9H,6-8H2,1-5H3;8H,4-7H2,1-3H3;6-8H,1-5H3;7H,2-6H2,1H3;5-6H2,1-4H3;6H,2-5H2,1H3;5H2,1-4H3;6H,4-5H2,1-3H3;5H,4H2,1-3H3;1-4H3;4H,1-3H3. The Hall–Kier alpha value is -0.520. The number of hydrogen-bond acceptors (Lipinski definition) is 13. The van der Waals surface area contributed by atoms with Crippen LogP contribution in [0, 0.1) is 55.7 Å². The van der Waals surface area contributed by atoms with Gasteiger partial charge in [0.15, 0.2) is 0 Å². The predicted octanol–water partition coefficient (Wildman–Crippen LogP) is 28.9. The van der Waals surface area contributed by atoms with Crippen LogP contribution < -0.4 is 0 Å². The first-order chi connectivity index (χ1) is 52.5. The Morgan fingerprint density at radius 1 is 0.327 bits per heavy atom. The molecule has 0 atom stereocenters. The minimum Gasteiger partial charge on any atom is -0.384 e. The average Bonchev–Trinajstić information content (AvgIpc) is 1.09. The van der Waals surface area contributed by atoms with Gasteiger partial charge in [0.1, 0.15) is 0 Å². The van der Waals surface area contributed by atoms with Gasteiger partial charge < -0.3 is 61.6 Å². The van der Waals surface area contributed by atoms with Crippen LogP contribution in [0.5, 0.6) is 0 Å². The van der Waals surface area contributed by atoms with Gasteiger partial charge in [-0.2, -0.15) is 0 Å². The molecule has 8 aliphatic carbocycles. The molecule has 0 aromatic heterocycles. The molecule has 8 saturated carbocycles. The molecule has 8 fully saturated rings. The molecule has 0 aliphatic heterocycles. The summed E-state index contributed by atoms with van der Waals surface area (Å²) in [5.74, 6) is 1.94. The van der Waals surface area contributed by atoms with Gasteiger partial charge in [-0.25, -0.2) is 0 Å². The molecule has 2 spiro atoms. The Morgan fingerprint density at radius 3 is 0.832 bits per heavy atom. The molecule has 0 amide bonds. The van der Waals surface area contributed by atoms with Crippen LogP contribution >= 0.6 is 0 Å². The minimum absolute atomic E-state index is 0.0417. The molecule has 0 heterocycles. The third kappa shape index (κ3) is 68.7. The van der Waals surface area contributed by atoms with Crippen LogP contribution in [-0.4, -0.2) is 172 Å². The molecule has 13 heteroatoms. The van der Waals surface area contributed by atoms with Crippen molar-refractivity contribution in [2.24, 2.45) is 55.7 Å². The van der Waals surface area contributed by atoms with E-state index in [1.165, 1.54) is 212 Å². The van der Waals surface area contributed by atoms with Crippen LogP contribution in [0.1, 0.15) is 425 Å². The molecule has 0 saturated heterocycles. The van der Waals surface area contributed by atoms with E-state index < -0.39 is 0 Å². The normalized spacial score (nSPS) is 20.8. The quantitative estimate of drug-likeness (QED) is 0.122. The van der Waals surface area contributed by atoms with Crippen molar-refractivity contribution in [3.05, 3.63) is 0 Å². The van der Waals surface area contributed by atoms with Gasteiger partial charge in [0.2, 0.25) is 0 Å². The molecule has 0 bridgehead atoms. The topological polar surface area (TPSA) is 120 Å². The molecular formula is C100H210O13. The van der Waals surface area contributed by atoms with E-state index in [0.29, 0.717) is 105 Å². The summed E-state index contributed by atoms with van der Waals surface area (Å²) in [6.45, 7) is 60.9. The van der Waals surface area contributed by atoms with Crippen LogP contribution in [0.2, 0.25) is 0 Å². The number of ether oxygens (including phenoxy) is 13. The number of rotatable bonds is 19. The Kier molecular flexibility index (Phi) is 72.8. The first-order valence-electron chi connectivity index (χ1n) is 46.4. The second-order valence-corrected chi connectivity index (χ2v) is 41.8. The van der Waals surface area contributed by atoms with E-state index in [1.807, 2.05) is 70.2 Å². The fraction of sp³-hybridized carbons (Fsp3) is 1.00. The first kappa shape index (κ1) is 121. The zero-order valence-electron chi connectivity index (χ0n) is 84.3. The Balaban J connectivity index is -0.000000378. The largest absolute Gasteiger partial charge is 0.384 e. The average molecular weight is 1620 g/mol. The fourth-order valence-corrected chi connectivity index (χ4v) is 16.8. The molecular weight excluding hydrogens is 1410 g/mol. The maximum absolute atomic E-state index is 5.47. The SMILES string of the molecule is CCC(C)(CC)OC.CCC(CC)OC.COC(C(C)C)C(C)C.COC(C)(C)C.COC(C)C.COC1CC(C)(C)CC(C)(C)C1.COC1CCC(C)(C)CC1.COC1CCC2(CC1)CCC(C)(C)CC2.COC1CCC2(CCCCC2)CC1.COC1CCCC1.COC1CCCCC1.COCC(C)(C)C.COCC(C)C. The lowest BCUT2D eigenvalue weighted by atomic mass is 9.59. The molecule has 688 valence electrons. The highest BCUT2D eigenvalue weighted by molar-refractivity contribution is 4.93. The summed E-state index contributed by atoms with van der Waals surface area (Å²) < 4.78 is 66.9. The van der Waals surface area contributed by atoms with Gasteiger partial charge in [-0.05, 0) is 283 Å². The molecule has 113 heavy (non-hydrogen) atoms. The summed E-state index contributed by atoms with van der Waals surface area (Å²) in [5.41, 5.74) is 4.08. The molecule has 13 nitrogen and oxygen atoms in total. The highest BCUT2D eigenvalue weighted by Gasteiger charge is 2.42. The van der Waals surface area contributed by atoms with Crippen molar-refractivity contribution in [1.29, 1.82) is 0 Å². The van der Waals surface area contributed by atoms with Crippen molar-refractivity contribution < 1.29 is 61.6 Å². The van der Waals surface area contributed by atoms with E-state index in [9.17, 15) is 0 Å². The molecule has 0 N–H and O–H groups in total. The number of hydrogen-bond donors (Lipinski definition) is 0. The number of methoxy groups -OCH3 is 13. The van der Waals surface area contributed by atoms with Crippen LogP contribution in [0.4, 0.5) is 0 Å². The van der Waals surface area contributed by atoms with Gasteiger partial charge in [-0.15, -0.1) is 0 Å². The molecule has 0 aromatic rings. The van der Waals surface area contributed by atoms with Gasteiger partial charge in [0.05, 0.1) is 72.7 Å². The van der Waals surface area contributed by atoms with Crippen LogP contribution in [0.15, 0.2) is 0 Å². The second kappa shape index (κ2) is 68.0. The van der Waals surface area contributed by atoms with E-state index >= 15 is 0 Å². The summed E-state index contributed by atoms with van der Waals surface area (Å²) in [6.07, 6.45) is 54.3. The lowest BCUT2D eigenvalue weighted by Crippen LogP contribution is -2.37. The summed E-state index contributed by atoms with van der Waals surface area (Å²) >= 11 is 0. The van der Waals surface area contributed by atoms with E-state index in [-0.39, 0.29) is 11.2 Å². The smallest absolute Gasteiger partial charge is 0.0645 e. The zero-order chi connectivity index (χ0) is 88.2.